The average molecular weight is 216 g/mol. The number of hydrogen-bond donors (Lipinski definition) is 1. The fraction of sp³-hybridized carbons (Fsp3) is 0.375. The Morgan fingerprint density at radius 1 is 1.71 bits per heavy atom. The van der Waals surface area contributed by atoms with E-state index in [1.807, 2.05) is 0 Å². The first-order chi connectivity index (χ1) is 6.74. The van der Waals surface area contributed by atoms with Crippen molar-refractivity contribution in [1.82, 2.24) is 9.97 Å². The molecule has 0 saturated carbocycles. The van der Waals surface area contributed by atoms with Crippen LogP contribution in [-0.2, 0) is 9.53 Å². The van der Waals surface area contributed by atoms with Crippen LogP contribution in [0.2, 0.25) is 5.02 Å². The summed E-state index contributed by atoms with van der Waals surface area (Å²) in [5.41, 5.74) is 0. The number of esters is 1. The van der Waals surface area contributed by atoms with Crippen LogP contribution < -0.4 is 5.32 Å². The molecule has 6 heteroatoms. The highest BCUT2D eigenvalue weighted by Crippen LogP contribution is 2.15. The Morgan fingerprint density at radius 2 is 2.50 bits per heavy atom. The number of nitrogens with zero attached hydrogens (tertiary/aromatic N) is 2. The lowest BCUT2D eigenvalue weighted by Gasteiger charge is -2.04. The molecule has 0 amide bonds. The summed E-state index contributed by atoms with van der Waals surface area (Å²) in [4.78, 5) is 18.4. The number of hydrogen-bond acceptors (Lipinski definition) is 5. The monoisotopic (exact) mass is 215 g/mol. The van der Waals surface area contributed by atoms with Gasteiger partial charge in [-0.2, -0.15) is 0 Å². The van der Waals surface area contributed by atoms with Gasteiger partial charge in [0.05, 0.1) is 19.7 Å². The number of carbonyl (C=O) groups is 1. The molecule has 0 saturated heterocycles. The highest BCUT2D eigenvalue weighted by atomic mass is 35.5. The van der Waals surface area contributed by atoms with Crippen LogP contribution in [-0.4, -0.2) is 29.6 Å². The van der Waals surface area contributed by atoms with Crippen molar-refractivity contribution in [2.24, 2.45) is 0 Å². The lowest BCUT2D eigenvalue weighted by Crippen LogP contribution is -2.10. The summed E-state index contributed by atoms with van der Waals surface area (Å²) in [5.74, 6) is 0.244. The summed E-state index contributed by atoms with van der Waals surface area (Å²) in [6.45, 7) is 0.434. The summed E-state index contributed by atoms with van der Waals surface area (Å²) in [7, 11) is 1.35. The Balaban J connectivity index is 2.39. The van der Waals surface area contributed by atoms with Crippen molar-refractivity contribution < 1.29 is 9.53 Å². The van der Waals surface area contributed by atoms with Crippen LogP contribution in [0.5, 0.6) is 0 Å². The van der Waals surface area contributed by atoms with E-state index >= 15 is 0 Å². The van der Waals surface area contributed by atoms with E-state index in [1.54, 1.807) is 0 Å². The number of methoxy groups -OCH3 is 1. The first-order valence-electron chi connectivity index (χ1n) is 4.00. The zero-order chi connectivity index (χ0) is 10.4. The largest absolute Gasteiger partial charge is 0.469 e. The molecule has 0 atom stereocenters. The molecular weight excluding hydrogens is 206 g/mol. The summed E-state index contributed by atoms with van der Waals surface area (Å²) >= 11 is 5.77. The van der Waals surface area contributed by atoms with Gasteiger partial charge in [-0.3, -0.25) is 4.79 Å². The lowest BCUT2D eigenvalue weighted by molar-refractivity contribution is -0.140. The molecule has 14 heavy (non-hydrogen) atoms. The topological polar surface area (TPSA) is 64.1 Å². The van der Waals surface area contributed by atoms with E-state index in [-0.39, 0.29) is 12.4 Å². The first kappa shape index (κ1) is 10.7. The fourth-order valence-corrected chi connectivity index (χ4v) is 1.000. The van der Waals surface area contributed by atoms with E-state index in [1.165, 1.54) is 19.6 Å². The molecule has 0 aromatic carbocycles. The second-order valence-corrected chi connectivity index (χ2v) is 2.88. The van der Waals surface area contributed by atoms with E-state index in [4.69, 9.17) is 11.6 Å². The minimum Gasteiger partial charge on any atom is -0.469 e. The molecule has 1 aromatic heterocycles. The third kappa shape index (κ3) is 3.18. The van der Waals surface area contributed by atoms with Gasteiger partial charge in [0, 0.05) is 6.54 Å². The van der Waals surface area contributed by atoms with Crippen LogP contribution in [0.3, 0.4) is 0 Å². The van der Waals surface area contributed by atoms with Crippen LogP contribution in [0, 0.1) is 0 Å². The predicted molar refractivity (Wildman–Crippen MR) is 52.2 cm³/mol. The highest BCUT2D eigenvalue weighted by Gasteiger charge is 2.02. The molecule has 0 unspecified atom stereocenters. The maximum atomic E-state index is 10.8. The molecule has 0 radical (unpaired) electrons. The quantitative estimate of drug-likeness (QED) is 0.763. The summed E-state index contributed by atoms with van der Waals surface area (Å²) < 4.78 is 4.47. The molecule has 0 aliphatic carbocycles. The molecule has 0 fully saturated rings. The van der Waals surface area contributed by atoms with E-state index in [0.717, 1.165) is 0 Å². The predicted octanol–water partition coefficient (Wildman–Crippen LogP) is 1.10. The summed E-state index contributed by atoms with van der Waals surface area (Å²) in [5, 5.41) is 3.32. The number of rotatable bonds is 4. The minimum absolute atomic E-state index is 0.275. The van der Waals surface area contributed by atoms with Gasteiger partial charge >= 0.3 is 5.97 Å². The molecule has 76 valence electrons. The third-order valence-corrected chi connectivity index (χ3v) is 1.79. The maximum absolute atomic E-state index is 10.8. The Morgan fingerprint density at radius 3 is 3.14 bits per heavy atom. The number of aromatic nitrogens is 2. The average Bonchev–Trinajstić information content (AvgIpc) is 2.20. The molecule has 0 spiro atoms. The molecule has 0 aliphatic rings. The van der Waals surface area contributed by atoms with Crippen molar-refractivity contribution >= 4 is 23.4 Å². The molecule has 0 aliphatic heterocycles. The van der Waals surface area contributed by atoms with E-state index in [0.29, 0.717) is 17.4 Å². The lowest BCUT2D eigenvalue weighted by atomic mass is 10.4. The Kier molecular flexibility index (Phi) is 4.12. The fourth-order valence-electron chi connectivity index (χ4n) is 0.828. The van der Waals surface area contributed by atoms with E-state index in [9.17, 15) is 4.79 Å². The van der Waals surface area contributed by atoms with Gasteiger partial charge in [-0.05, 0) is 0 Å². The van der Waals surface area contributed by atoms with Crippen LogP contribution in [0.15, 0.2) is 12.5 Å². The van der Waals surface area contributed by atoms with Crippen LogP contribution in [0.1, 0.15) is 6.42 Å². The smallest absolute Gasteiger partial charge is 0.307 e. The van der Waals surface area contributed by atoms with Crippen molar-refractivity contribution in [3.63, 3.8) is 0 Å². The number of carbonyl (C=O) groups excluding carboxylic acids is 1. The number of anilines is 1. The van der Waals surface area contributed by atoms with Gasteiger partial charge in [-0.25, -0.2) is 9.97 Å². The summed E-state index contributed by atoms with van der Waals surface area (Å²) in [6, 6.07) is 0. The second kappa shape index (κ2) is 5.39. The minimum atomic E-state index is -0.275. The van der Waals surface area contributed by atoms with Gasteiger partial charge in [-0.15, -0.1) is 0 Å². The Bertz CT molecular complexity index is 319. The van der Waals surface area contributed by atoms with E-state index < -0.39 is 0 Å². The first-order valence-corrected chi connectivity index (χ1v) is 4.38. The molecule has 1 rings (SSSR count). The van der Waals surface area contributed by atoms with Crippen molar-refractivity contribution in [2.75, 3.05) is 19.0 Å². The van der Waals surface area contributed by atoms with Crippen LogP contribution in [0.4, 0.5) is 5.82 Å². The standard InChI is InChI=1S/C8H10ClN3O2/c1-14-7(13)2-3-11-8-6(9)4-10-5-12-8/h4-5H,2-3H2,1H3,(H,10,11,12). The van der Waals surface area contributed by atoms with Gasteiger partial charge in [0.2, 0.25) is 0 Å². The van der Waals surface area contributed by atoms with Gasteiger partial charge in [0.15, 0.2) is 0 Å². The van der Waals surface area contributed by atoms with Crippen LogP contribution in [0.25, 0.3) is 0 Å². The van der Waals surface area contributed by atoms with Crippen molar-refractivity contribution in [1.29, 1.82) is 0 Å². The normalized spacial score (nSPS) is 9.57. The highest BCUT2D eigenvalue weighted by molar-refractivity contribution is 6.32. The third-order valence-electron chi connectivity index (χ3n) is 1.52. The number of ether oxygens (including phenoxy) is 1. The van der Waals surface area contributed by atoms with Crippen molar-refractivity contribution in [3.8, 4) is 0 Å². The molecule has 1 heterocycles. The molecular formula is C8H10ClN3O2. The molecule has 1 aromatic rings. The van der Waals surface area contributed by atoms with Gasteiger partial charge < -0.3 is 10.1 Å². The Labute approximate surface area is 86.5 Å². The van der Waals surface area contributed by atoms with Crippen molar-refractivity contribution in [3.05, 3.63) is 17.5 Å². The van der Waals surface area contributed by atoms with Gasteiger partial charge in [0.25, 0.3) is 0 Å². The zero-order valence-electron chi connectivity index (χ0n) is 7.66. The molecule has 0 bridgehead atoms. The van der Waals surface area contributed by atoms with Crippen molar-refractivity contribution in [2.45, 2.75) is 6.42 Å². The van der Waals surface area contributed by atoms with Gasteiger partial charge in [-0.1, -0.05) is 11.6 Å². The van der Waals surface area contributed by atoms with E-state index in [2.05, 4.69) is 20.0 Å². The molecule has 1 N–H and O–H groups in total. The molecule has 5 nitrogen and oxygen atoms in total. The SMILES string of the molecule is COC(=O)CCNc1ncncc1Cl. The number of nitrogens with one attached hydrogen (secondary N) is 1. The second-order valence-electron chi connectivity index (χ2n) is 2.47. The Hall–Kier alpha value is -1.36. The number of halogens is 1. The van der Waals surface area contributed by atoms with Crippen LogP contribution >= 0.6 is 11.6 Å². The zero-order valence-corrected chi connectivity index (χ0v) is 8.41. The summed E-state index contributed by atoms with van der Waals surface area (Å²) in [6.07, 6.45) is 3.14. The van der Waals surface area contributed by atoms with Gasteiger partial charge in [0.1, 0.15) is 17.2 Å². The maximum Gasteiger partial charge on any atom is 0.307 e.